The molecular formula is C18H22N2O3. The number of methoxy groups -OCH3 is 1. The van der Waals surface area contributed by atoms with Crippen molar-refractivity contribution in [1.82, 2.24) is 5.43 Å². The SMILES string of the molecule is COc1ccc(C2=NNC(=O)C2(C)C)c2c1OC1(CCCC1)C2. The van der Waals surface area contributed by atoms with Crippen LogP contribution in [0.2, 0.25) is 0 Å². The first kappa shape index (κ1) is 14.5. The van der Waals surface area contributed by atoms with Gasteiger partial charge >= 0.3 is 0 Å². The molecule has 122 valence electrons. The van der Waals surface area contributed by atoms with Gasteiger partial charge in [0.15, 0.2) is 11.5 Å². The van der Waals surface area contributed by atoms with Crippen LogP contribution in [0.5, 0.6) is 11.5 Å². The Balaban J connectivity index is 1.83. The van der Waals surface area contributed by atoms with Crippen molar-refractivity contribution in [2.75, 3.05) is 7.11 Å². The predicted molar refractivity (Wildman–Crippen MR) is 87.0 cm³/mol. The summed E-state index contributed by atoms with van der Waals surface area (Å²) in [7, 11) is 1.67. The van der Waals surface area contributed by atoms with Crippen molar-refractivity contribution >= 4 is 11.6 Å². The maximum atomic E-state index is 12.1. The lowest BCUT2D eigenvalue weighted by molar-refractivity contribution is -0.125. The topological polar surface area (TPSA) is 59.9 Å². The zero-order valence-electron chi connectivity index (χ0n) is 13.9. The molecule has 0 saturated heterocycles. The molecule has 4 rings (SSSR count). The quantitative estimate of drug-likeness (QED) is 0.913. The Hall–Kier alpha value is -2.04. The predicted octanol–water partition coefficient (Wildman–Crippen LogP) is 2.80. The second-order valence-electron chi connectivity index (χ2n) is 7.32. The van der Waals surface area contributed by atoms with E-state index in [9.17, 15) is 4.79 Å². The molecule has 0 atom stereocenters. The summed E-state index contributed by atoms with van der Waals surface area (Å²) in [6.45, 7) is 3.82. The van der Waals surface area contributed by atoms with Crippen LogP contribution in [0.25, 0.3) is 0 Å². The lowest BCUT2D eigenvalue weighted by atomic mass is 9.80. The van der Waals surface area contributed by atoms with Crippen LogP contribution in [0.15, 0.2) is 17.2 Å². The van der Waals surface area contributed by atoms with Crippen LogP contribution in [0.4, 0.5) is 0 Å². The van der Waals surface area contributed by atoms with Gasteiger partial charge in [-0.15, -0.1) is 0 Å². The molecule has 2 heterocycles. The fraction of sp³-hybridized carbons (Fsp3) is 0.556. The number of carbonyl (C=O) groups is 1. The van der Waals surface area contributed by atoms with Crippen LogP contribution >= 0.6 is 0 Å². The smallest absolute Gasteiger partial charge is 0.251 e. The van der Waals surface area contributed by atoms with E-state index in [0.717, 1.165) is 47.6 Å². The molecule has 1 saturated carbocycles. The Morgan fingerprint density at radius 2 is 2.00 bits per heavy atom. The van der Waals surface area contributed by atoms with Crippen molar-refractivity contribution in [2.45, 2.75) is 51.6 Å². The summed E-state index contributed by atoms with van der Waals surface area (Å²) in [4.78, 5) is 12.1. The normalized spacial score (nSPS) is 23.4. The van der Waals surface area contributed by atoms with Crippen molar-refractivity contribution in [1.29, 1.82) is 0 Å². The Labute approximate surface area is 136 Å². The number of hydrazone groups is 1. The lowest BCUT2D eigenvalue weighted by Crippen LogP contribution is -2.33. The number of hydrogen-bond acceptors (Lipinski definition) is 4. The highest BCUT2D eigenvalue weighted by atomic mass is 16.5. The van der Waals surface area contributed by atoms with Crippen molar-refractivity contribution < 1.29 is 14.3 Å². The Kier molecular flexibility index (Phi) is 2.99. The summed E-state index contributed by atoms with van der Waals surface area (Å²) < 4.78 is 11.9. The molecule has 1 fully saturated rings. The van der Waals surface area contributed by atoms with E-state index in [4.69, 9.17) is 9.47 Å². The Morgan fingerprint density at radius 1 is 1.26 bits per heavy atom. The van der Waals surface area contributed by atoms with Crippen LogP contribution in [0, 0.1) is 5.41 Å². The third-order valence-corrected chi connectivity index (χ3v) is 5.46. The fourth-order valence-corrected chi connectivity index (χ4v) is 4.04. The number of fused-ring (bicyclic) bond motifs is 1. The zero-order valence-corrected chi connectivity index (χ0v) is 13.9. The van der Waals surface area contributed by atoms with E-state index in [1.165, 1.54) is 12.8 Å². The number of hydrogen-bond donors (Lipinski definition) is 1. The molecule has 1 amide bonds. The van der Waals surface area contributed by atoms with Crippen LogP contribution in [-0.2, 0) is 11.2 Å². The number of nitrogens with one attached hydrogen (secondary N) is 1. The molecule has 0 radical (unpaired) electrons. The molecule has 0 unspecified atom stereocenters. The van der Waals surface area contributed by atoms with Gasteiger partial charge in [0.1, 0.15) is 5.60 Å². The number of nitrogens with zero attached hydrogens (tertiary/aromatic N) is 1. The van der Waals surface area contributed by atoms with E-state index in [1.807, 2.05) is 26.0 Å². The zero-order chi connectivity index (χ0) is 16.2. The molecule has 1 aromatic rings. The Bertz CT molecular complexity index is 715. The van der Waals surface area contributed by atoms with Gasteiger partial charge in [0, 0.05) is 17.5 Å². The van der Waals surface area contributed by atoms with Crippen LogP contribution in [-0.4, -0.2) is 24.3 Å². The molecule has 1 N–H and O–H groups in total. The molecular weight excluding hydrogens is 292 g/mol. The van der Waals surface area contributed by atoms with Gasteiger partial charge < -0.3 is 9.47 Å². The third kappa shape index (κ3) is 1.98. The van der Waals surface area contributed by atoms with Crippen molar-refractivity contribution in [3.8, 4) is 11.5 Å². The van der Waals surface area contributed by atoms with Gasteiger partial charge in [0.05, 0.1) is 18.2 Å². The fourth-order valence-electron chi connectivity index (χ4n) is 4.04. The first-order valence-corrected chi connectivity index (χ1v) is 8.25. The van der Waals surface area contributed by atoms with E-state index in [2.05, 4.69) is 10.5 Å². The minimum absolute atomic E-state index is 0.0634. The summed E-state index contributed by atoms with van der Waals surface area (Å²) >= 11 is 0. The van der Waals surface area contributed by atoms with Gasteiger partial charge in [-0.1, -0.05) is 0 Å². The molecule has 1 aliphatic carbocycles. The van der Waals surface area contributed by atoms with E-state index in [0.29, 0.717) is 0 Å². The van der Waals surface area contributed by atoms with Crippen molar-refractivity contribution in [3.05, 3.63) is 23.3 Å². The monoisotopic (exact) mass is 314 g/mol. The minimum atomic E-state index is -0.631. The van der Waals surface area contributed by atoms with Gasteiger partial charge in [-0.3, -0.25) is 4.79 Å². The minimum Gasteiger partial charge on any atom is -0.493 e. The van der Waals surface area contributed by atoms with Gasteiger partial charge in [-0.25, -0.2) is 5.43 Å². The number of carbonyl (C=O) groups excluding carboxylic acids is 1. The van der Waals surface area contributed by atoms with Crippen LogP contribution in [0.3, 0.4) is 0 Å². The largest absolute Gasteiger partial charge is 0.493 e. The van der Waals surface area contributed by atoms with Gasteiger partial charge in [-0.05, 0) is 51.7 Å². The summed E-state index contributed by atoms with van der Waals surface area (Å²) in [5.74, 6) is 1.54. The number of ether oxygens (including phenoxy) is 2. The van der Waals surface area contributed by atoms with E-state index in [1.54, 1.807) is 7.11 Å². The van der Waals surface area contributed by atoms with Crippen LogP contribution in [0.1, 0.15) is 50.7 Å². The molecule has 5 heteroatoms. The molecule has 0 aromatic heterocycles. The summed E-state index contributed by atoms with van der Waals surface area (Å²) in [5.41, 5.74) is 4.83. The standard InChI is InChI=1S/C18H22N2O3/c1-17(2)15(19-20-16(17)21)11-6-7-13(22-3)14-12(11)10-18(23-14)8-4-5-9-18/h6-7H,4-5,8-10H2,1-3H3,(H,20,21). The molecule has 3 aliphatic rings. The number of benzene rings is 1. The highest BCUT2D eigenvalue weighted by Crippen LogP contribution is 2.50. The summed E-state index contributed by atoms with van der Waals surface area (Å²) in [6.07, 6.45) is 5.45. The van der Waals surface area contributed by atoms with E-state index >= 15 is 0 Å². The number of amides is 1. The highest BCUT2D eigenvalue weighted by Gasteiger charge is 2.47. The maximum absolute atomic E-state index is 12.1. The second-order valence-corrected chi connectivity index (χ2v) is 7.32. The molecule has 2 aliphatic heterocycles. The molecule has 0 bridgehead atoms. The van der Waals surface area contributed by atoms with Crippen molar-refractivity contribution in [3.63, 3.8) is 0 Å². The first-order chi connectivity index (χ1) is 11.0. The molecule has 23 heavy (non-hydrogen) atoms. The van der Waals surface area contributed by atoms with E-state index in [-0.39, 0.29) is 11.5 Å². The van der Waals surface area contributed by atoms with Crippen LogP contribution < -0.4 is 14.9 Å². The van der Waals surface area contributed by atoms with Gasteiger partial charge in [-0.2, -0.15) is 5.10 Å². The number of rotatable bonds is 2. The maximum Gasteiger partial charge on any atom is 0.251 e. The third-order valence-electron chi connectivity index (χ3n) is 5.46. The summed E-state index contributed by atoms with van der Waals surface area (Å²) in [5, 5.41) is 4.31. The van der Waals surface area contributed by atoms with Gasteiger partial charge in [0.25, 0.3) is 5.91 Å². The van der Waals surface area contributed by atoms with E-state index < -0.39 is 5.41 Å². The first-order valence-electron chi connectivity index (χ1n) is 8.25. The van der Waals surface area contributed by atoms with Gasteiger partial charge in [0.2, 0.25) is 0 Å². The molecule has 5 nitrogen and oxygen atoms in total. The molecule has 1 aromatic carbocycles. The second kappa shape index (κ2) is 4.73. The average molecular weight is 314 g/mol. The average Bonchev–Trinajstić information content (AvgIpc) is 3.19. The lowest BCUT2D eigenvalue weighted by Gasteiger charge is -2.22. The van der Waals surface area contributed by atoms with Crippen molar-refractivity contribution in [2.24, 2.45) is 10.5 Å². The molecule has 1 spiro atoms. The highest BCUT2D eigenvalue weighted by molar-refractivity contribution is 6.20. The summed E-state index contributed by atoms with van der Waals surface area (Å²) in [6, 6.07) is 3.93. The Morgan fingerprint density at radius 3 is 2.61 bits per heavy atom.